The Morgan fingerprint density at radius 2 is 2.05 bits per heavy atom. The summed E-state index contributed by atoms with van der Waals surface area (Å²) in [5.74, 6) is 5.17. The first kappa shape index (κ1) is 13.5. The van der Waals surface area contributed by atoms with Gasteiger partial charge in [-0.2, -0.15) is 5.26 Å². The highest BCUT2D eigenvalue weighted by Crippen LogP contribution is 2.04. The number of hydrogen-bond donors (Lipinski definition) is 3. The van der Waals surface area contributed by atoms with E-state index >= 15 is 0 Å². The first-order chi connectivity index (χ1) is 9.72. The van der Waals surface area contributed by atoms with Crippen LogP contribution in [-0.4, -0.2) is 15.9 Å². The topological polar surface area (TPSA) is 117 Å². The Kier molecular flexibility index (Phi) is 4.21. The number of nitrogens with zero attached hydrogens (tertiary/aromatic N) is 3. The lowest BCUT2D eigenvalue weighted by Crippen LogP contribution is -2.24. The van der Waals surface area contributed by atoms with Crippen LogP contribution < -0.4 is 16.6 Å². The van der Waals surface area contributed by atoms with Crippen LogP contribution in [0, 0.1) is 11.3 Å². The Balaban J connectivity index is 1.99. The lowest BCUT2D eigenvalue weighted by Gasteiger charge is -2.05. The van der Waals surface area contributed by atoms with Gasteiger partial charge < -0.3 is 10.7 Å². The van der Waals surface area contributed by atoms with Crippen molar-refractivity contribution in [2.45, 2.75) is 6.54 Å². The third kappa shape index (κ3) is 3.28. The van der Waals surface area contributed by atoms with Crippen LogP contribution >= 0.6 is 0 Å². The molecule has 0 aliphatic rings. The zero-order valence-corrected chi connectivity index (χ0v) is 10.5. The molecule has 4 N–H and O–H groups in total. The fraction of sp³-hybridized carbons (Fsp3) is 0.0769. The summed E-state index contributed by atoms with van der Waals surface area (Å²) < 4.78 is 0. The molecule has 2 rings (SSSR count). The second-order valence-electron chi connectivity index (χ2n) is 3.93. The summed E-state index contributed by atoms with van der Waals surface area (Å²) in [5, 5.41) is 11.4. The number of hydrazine groups is 1. The molecule has 0 aliphatic heterocycles. The molecule has 1 aromatic heterocycles. The Morgan fingerprint density at radius 1 is 1.30 bits per heavy atom. The summed E-state index contributed by atoms with van der Waals surface area (Å²) in [6, 6.07) is 8.98. The van der Waals surface area contributed by atoms with Gasteiger partial charge in [-0.25, -0.2) is 10.8 Å². The maximum atomic E-state index is 11.9. The summed E-state index contributed by atoms with van der Waals surface area (Å²) in [7, 11) is 0. The number of anilines is 1. The lowest BCUT2D eigenvalue weighted by molar-refractivity contribution is 0.0945. The highest BCUT2D eigenvalue weighted by molar-refractivity contribution is 5.92. The van der Waals surface area contributed by atoms with Crippen molar-refractivity contribution < 1.29 is 4.79 Å². The van der Waals surface area contributed by atoms with Crippen LogP contribution in [-0.2, 0) is 6.54 Å². The molecule has 0 atom stereocenters. The summed E-state index contributed by atoms with van der Waals surface area (Å²) in [5.41, 5.74) is 3.96. The van der Waals surface area contributed by atoms with Crippen LogP contribution in [0.1, 0.15) is 21.6 Å². The molecule has 0 fully saturated rings. The van der Waals surface area contributed by atoms with Crippen molar-refractivity contribution in [2.24, 2.45) is 5.84 Å². The predicted octanol–water partition coefficient (Wildman–Crippen LogP) is 0.564. The van der Waals surface area contributed by atoms with E-state index < -0.39 is 0 Å². The van der Waals surface area contributed by atoms with Gasteiger partial charge in [0.25, 0.3) is 5.91 Å². The maximum absolute atomic E-state index is 11.9. The van der Waals surface area contributed by atoms with Crippen LogP contribution in [0.15, 0.2) is 36.7 Å². The van der Waals surface area contributed by atoms with E-state index in [4.69, 9.17) is 11.1 Å². The van der Waals surface area contributed by atoms with Crippen molar-refractivity contribution in [1.82, 2.24) is 15.3 Å². The molecule has 7 heteroatoms. The highest BCUT2D eigenvalue weighted by atomic mass is 16.1. The Morgan fingerprint density at radius 3 is 2.70 bits per heavy atom. The second-order valence-corrected chi connectivity index (χ2v) is 3.93. The molecule has 0 aliphatic carbocycles. The highest BCUT2D eigenvalue weighted by Gasteiger charge is 2.08. The van der Waals surface area contributed by atoms with E-state index in [9.17, 15) is 4.79 Å². The van der Waals surface area contributed by atoms with Crippen LogP contribution in [0.5, 0.6) is 0 Å². The Hall–Kier alpha value is -2.98. The standard InChI is InChI=1S/C13H12N6O/c14-5-9-1-3-10(4-2-9)6-17-13(20)11-7-16-8-12(18-11)19-15/h1-4,7-8H,6,15H2,(H,17,20)(H,18,19). The number of amides is 1. The van der Waals surface area contributed by atoms with Gasteiger partial charge in [0.2, 0.25) is 0 Å². The molecular weight excluding hydrogens is 256 g/mol. The fourth-order valence-electron chi connectivity index (χ4n) is 1.51. The second kappa shape index (κ2) is 6.26. The monoisotopic (exact) mass is 268 g/mol. The van der Waals surface area contributed by atoms with Crippen LogP contribution in [0.4, 0.5) is 5.82 Å². The number of nitrogens with two attached hydrogens (primary N) is 1. The molecule has 1 aromatic carbocycles. The largest absolute Gasteiger partial charge is 0.347 e. The summed E-state index contributed by atoms with van der Waals surface area (Å²) in [6.45, 7) is 0.340. The number of benzene rings is 1. The first-order valence-electron chi connectivity index (χ1n) is 5.79. The lowest BCUT2D eigenvalue weighted by atomic mass is 10.1. The van der Waals surface area contributed by atoms with Crippen molar-refractivity contribution in [2.75, 3.05) is 5.43 Å². The van der Waals surface area contributed by atoms with E-state index in [1.807, 2.05) is 6.07 Å². The average Bonchev–Trinajstić information content (AvgIpc) is 2.53. The van der Waals surface area contributed by atoms with Gasteiger partial charge in [0.05, 0.1) is 24.0 Å². The van der Waals surface area contributed by atoms with Gasteiger partial charge in [0, 0.05) is 6.54 Å². The van der Waals surface area contributed by atoms with Gasteiger partial charge in [-0.05, 0) is 17.7 Å². The molecule has 7 nitrogen and oxygen atoms in total. The average molecular weight is 268 g/mol. The number of aromatic nitrogens is 2. The van der Waals surface area contributed by atoms with Crippen molar-refractivity contribution in [3.8, 4) is 6.07 Å². The third-order valence-corrected chi connectivity index (χ3v) is 2.55. The van der Waals surface area contributed by atoms with Crippen molar-refractivity contribution in [3.05, 3.63) is 53.5 Å². The molecule has 0 saturated carbocycles. The van der Waals surface area contributed by atoms with E-state index in [0.29, 0.717) is 17.9 Å². The zero-order chi connectivity index (χ0) is 14.4. The summed E-state index contributed by atoms with van der Waals surface area (Å²) in [6.07, 6.45) is 2.77. The Labute approximate surface area is 115 Å². The quantitative estimate of drug-likeness (QED) is 0.551. The van der Waals surface area contributed by atoms with Gasteiger partial charge in [-0.1, -0.05) is 12.1 Å². The first-order valence-corrected chi connectivity index (χ1v) is 5.79. The molecule has 0 unspecified atom stereocenters. The predicted molar refractivity (Wildman–Crippen MR) is 72.2 cm³/mol. The molecule has 1 amide bonds. The van der Waals surface area contributed by atoms with Gasteiger partial charge in [-0.3, -0.25) is 9.78 Å². The molecule has 2 aromatic rings. The normalized spacial score (nSPS) is 9.60. The number of rotatable bonds is 4. The van der Waals surface area contributed by atoms with Crippen molar-refractivity contribution in [3.63, 3.8) is 0 Å². The number of carbonyl (C=O) groups excluding carboxylic acids is 1. The number of hydrogen-bond acceptors (Lipinski definition) is 6. The van der Waals surface area contributed by atoms with E-state index in [-0.39, 0.29) is 11.6 Å². The van der Waals surface area contributed by atoms with Gasteiger partial charge >= 0.3 is 0 Å². The molecule has 1 heterocycles. The molecular formula is C13H12N6O. The van der Waals surface area contributed by atoms with E-state index in [0.717, 1.165) is 5.56 Å². The van der Waals surface area contributed by atoms with Gasteiger partial charge in [0.1, 0.15) is 5.69 Å². The van der Waals surface area contributed by atoms with E-state index in [2.05, 4.69) is 20.7 Å². The third-order valence-electron chi connectivity index (χ3n) is 2.55. The minimum Gasteiger partial charge on any atom is -0.347 e. The minimum atomic E-state index is -0.348. The number of carbonyl (C=O) groups is 1. The zero-order valence-electron chi connectivity index (χ0n) is 10.5. The molecule has 20 heavy (non-hydrogen) atoms. The number of nitrogens with one attached hydrogen (secondary N) is 2. The van der Waals surface area contributed by atoms with Gasteiger partial charge in [-0.15, -0.1) is 0 Å². The fourth-order valence-corrected chi connectivity index (χ4v) is 1.51. The van der Waals surface area contributed by atoms with Crippen molar-refractivity contribution in [1.29, 1.82) is 5.26 Å². The molecule has 0 radical (unpaired) electrons. The molecule has 100 valence electrons. The van der Waals surface area contributed by atoms with Crippen LogP contribution in [0.25, 0.3) is 0 Å². The van der Waals surface area contributed by atoms with Crippen LogP contribution in [0.3, 0.4) is 0 Å². The number of nitriles is 1. The summed E-state index contributed by atoms with van der Waals surface area (Å²) >= 11 is 0. The van der Waals surface area contributed by atoms with E-state index in [1.165, 1.54) is 12.4 Å². The minimum absolute atomic E-state index is 0.175. The van der Waals surface area contributed by atoms with Crippen LogP contribution in [0.2, 0.25) is 0 Å². The maximum Gasteiger partial charge on any atom is 0.271 e. The van der Waals surface area contributed by atoms with Gasteiger partial charge in [0.15, 0.2) is 5.82 Å². The molecule has 0 spiro atoms. The van der Waals surface area contributed by atoms with Crippen molar-refractivity contribution >= 4 is 11.7 Å². The SMILES string of the molecule is N#Cc1ccc(CNC(=O)c2cncc(NN)n2)cc1. The number of nitrogen functional groups attached to an aromatic ring is 1. The summed E-state index contributed by atoms with van der Waals surface area (Å²) in [4.78, 5) is 19.7. The Bertz CT molecular complexity index is 647. The smallest absolute Gasteiger partial charge is 0.271 e. The van der Waals surface area contributed by atoms with E-state index in [1.54, 1.807) is 24.3 Å². The molecule has 0 saturated heterocycles. The molecule has 0 bridgehead atoms.